The fourth-order valence-electron chi connectivity index (χ4n) is 6.32. The summed E-state index contributed by atoms with van der Waals surface area (Å²) in [4.78, 5) is 41.7. The van der Waals surface area contributed by atoms with Gasteiger partial charge in [-0.1, -0.05) is 58.1 Å². The highest BCUT2D eigenvalue weighted by molar-refractivity contribution is 5.70. The third-order valence-corrected chi connectivity index (χ3v) is 9.46. The lowest BCUT2D eigenvalue weighted by Crippen LogP contribution is -2.42. The highest BCUT2D eigenvalue weighted by atomic mass is 16.6. The highest BCUT2D eigenvalue weighted by Gasteiger charge is 2.52. The van der Waals surface area contributed by atoms with Crippen LogP contribution in [0.15, 0.2) is 60.5 Å². The van der Waals surface area contributed by atoms with Crippen LogP contribution < -0.4 is 5.32 Å². The second-order valence-electron chi connectivity index (χ2n) is 13.8. The molecule has 0 aromatic carbocycles. The van der Waals surface area contributed by atoms with Gasteiger partial charge in [-0.15, -0.1) is 0 Å². The van der Waals surface area contributed by atoms with E-state index in [1.165, 1.54) is 13.8 Å². The van der Waals surface area contributed by atoms with Gasteiger partial charge < -0.3 is 39.2 Å². The number of allylic oxidation sites excluding steroid dienone is 2. The first-order chi connectivity index (χ1) is 23.7. The number of amides is 1. The average Bonchev–Trinajstić information content (AvgIpc) is 3.87. The van der Waals surface area contributed by atoms with E-state index in [1.54, 1.807) is 37.7 Å². The smallest absolute Gasteiger partial charge is 0.407 e. The van der Waals surface area contributed by atoms with Crippen LogP contribution in [0.5, 0.6) is 0 Å². The van der Waals surface area contributed by atoms with E-state index in [2.05, 4.69) is 24.1 Å². The number of carbonyl (C=O) groups excluding carboxylic acids is 3. The maximum absolute atomic E-state index is 13.0. The first kappa shape index (κ1) is 40.8. The van der Waals surface area contributed by atoms with Crippen LogP contribution in [0.1, 0.15) is 79.7 Å². The first-order valence-electron chi connectivity index (χ1n) is 17.5. The van der Waals surface area contributed by atoms with E-state index in [1.807, 2.05) is 45.1 Å². The molecule has 3 heterocycles. The second-order valence-corrected chi connectivity index (χ2v) is 13.8. The van der Waals surface area contributed by atoms with Crippen LogP contribution in [-0.2, 0) is 39.8 Å². The number of aliphatic hydroxyl groups is 2. The fourth-order valence-corrected chi connectivity index (χ4v) is 6.32. The zero-order chi connectivity index (χ0) is 37.0. The van der Waals surface area contributed by atoms with Gasteiger partial charge in [-0.3, -0.25) is 14.6 Å². The predicted octanol–water partition coefficient (Wildman–Crippen LogP) is 4.98. The molecule has 0 radical (unpaired) electrons. The van der Waals surface area contributed by atoms with Crippen LogP contribution in [0.3, 0.4) is 0 Å². The Bertz CT molecular complexity index is 1340. The Morgan fingerprint density at radius 3 is 2.60 bits per heavy atom. The zero-order valence-corrected chi connectivity index (χ0v) is 30.6. The average molecular weight is 701 g/mol. The van der Waals surface area contributed by atoms with Crippen LogP contribution in [-0.4, -0.2) is 88.7 Å². The normalized spacial score (nSPS) is 30.8. The fraction of sp³-hybridized carbons (Fsp3) is 0.632. The van der Waals surface area contributed by atoms with Gasteiger partial charge in [0.05, 0.1) is 24.7 Å². The molecule has 0 bridgehead atoms. The van der Waals surface area contributed by atoms with Crippen molar-refractivity contribution in [2.24, 2.45) is 17.8 Å². The molecule has 2 aliphatic rings. The quantitative estimate of drug-likeness (QED) is 0.0836. The van der Waals surface area contributed by atoms with Crippen LogP contribution in [0.25, 0.3) is 0 Å². The minimum Gasteiger partial charge on any atom is -0.457 e. The van der Waals surface area contributed by atoms with E-state index in [0.717, 1.165) is 12.0 Å². The molecule has 1 aromatic rings. The molecule has 278 valence electrons. The van der Waals surface area contributed by atoms with Gasteiger partial charge in [-0.05, 0) is 56.4 Å². The minimum absolute atomic E-state index is 0.00252. The number of cyclic esters (lactones) is 1. The monoisotopic (exact) mass is 700 g/mol. The summed E-state index contributed by atoms with van der Waals surface area (Å²) < 4.78 is 29.0. The van der Waals surface area contributed by atoms with Gasteiger partial charge in [0.2, 0.25) is 0 Å². The molecule has 1 fully saturated rings. The minimum atomic E-state index is -1.46. The number of aliphatic hydroxyl groups excluding tert-OH is 1. The Labute approximate surface area is 296 Å². The number of alkyl carbamates (subject to hydrolysis) is 1. The van der Waals surface area contributed by atoms with Crippen molar-refractivity contribution >= 4 is 18.0 Å². The molecule has 50 heavy (non-hydrogen) atoms. The SMILES string of the molecule is CCC(OC)C(C)C1OC1C(OC(=O)NCc1cccnc1)C(C)/C=C/C=C(\C)C1OC(=O)CC(O)CCC(C)(O)C(OC(C)=O)/C=C/C1C. The number of pyridine rings is 1. The van der Waals surface area contributed by atoms with Crippen molar-refractivity contribution in [3.8, 4) is 0 Å². The van der Waals surface area contributed by atoms with Gasteiger partial charge in [-0.25, -0.2) is 4.79 Å². The van der Waals surface area contributed by atoms with Gasteiger partial charge >= 0.3 is 18.0 Å². The van der Waals surface area contributed by atoms with Gasteiger partial charge in [0.1, 0.15) is 30.0 Å². The number of hydrogen-bond donors (Lipinski definition) is 3. The molecule has 0 spiro atoms. The summed E-state index contributed by atoms with van der Waals surface area (Å²) in [5, 5.41) is 24.4. The summed E-state index contributed by atoms with van der Waals surface area (Å²) in [6.07, 6.45) is 8.74. The number of carbonyl (C=O) groups is 3. The lowest BCUT2D eigenvalue weighted by Gasteiger charge is -2.32. The Kier molecular flexibility index (Phi) is 15.6. The molecule has 1 saturated heterocycles. The summed E-state index contributed by atoms with van der Waals surface area (Å²) in [6.45, 7) is 12.8. The number of methoxy groups -OCH3 is 1. The predicted molar refractivity (Wildman–Crippen MR) is 187 cm³/mol. The molecule has 0 aliphatic carbocycles. The summed E-state index contributed by atoms with van der Waals surface area (Å²) in [6, 6.07) is 3.66. The number of epoxide rings is 1. The van der Waals surface area contributed by atoms with E-state index < -0.39 is 48.0 Å². The van der Waals surface area contributed by atoms with Crippen LogP contribution in [0.2, 0.25) is 0 Å². The third kappa shape index (κ3) is 12.3. The molecule has 11 unspecified atom stereocenters. The maximum atomic E-state index is 13.0. The number of ether oxygens (including phenoxy) is 5. The lowest BCUT2D eigenvalue weighted by atomic mass is 9.88. The van der Waals surface area contributed by atoms with E-state index in [-0.39, 0.29) is 61.9 Å². The summed E-state index contributed by atoms with van der Waals surface area (Å²) in [5.41, 5.74) is 0.101. The molecule has 11 atom stereocenters. The van der Waals surface area contributed by atoms with E-state index in [0.29, 0.717) is 5.57 Å². The van der Waals surface area contributed by atoms with Crippen molar-refractivity contribution in [3.63, 3.8) is 0 Å². The van der Waals surface area contributed by atoms with E-state index in [4.69, 9.17) is 23.7 Å². The molecule has 2 aliphatic heterocycles. The van der Waals surface area contributed by atoms with E-state index in [9.17, 15) is 24.6 Å². The number of nitrogens with zero attached hydrogens (tertiary/aromatic N) is 1. The van der Waals surface area contributed by atoms with Crippen molar-refractivity contribution in [1.82, 2.24) is 10.3 Å². The van der Waals surface area contributed by atoms with Crippen molar-refractivity contribution in [3.05, 3.63) is 66.0 Å². The van der Waals surface area contributed by atoms with Crippen molar-refractivity contribution in [1.29, 1.82) is 0 Å². The summed E-state index contributed by atoms with van der Waals surface area (Å²) >= 11 is 0. The Balaban J connectivity index is 1.81. The molecule has 1 aromatic heterocycles. The Morgan fingerprint density at radius 2 is 1.96 bits per heavy atom. The maximum Gasteiger partial charge on any atom is 0.407 e. The zero-order valence-electron chi connectivity index (χ0n) is 30.6. The van der Waals surface area contributed by atoms with Crippen molar-refractivity contribution in [2.75, 3.05) is 7.11 Å². The molecule has 0 saturated carbocycles. The van der Waals surface area contributed by atoms with Crippen LogP contribution >= 0.6 is 0 Å². The first-order valence-corrected chi connectivity index (χ1v) is 17.5. The lowest BCUT2D eigenvalue weighted by molar-refractivity contribution is -0.157. The molecule has 12 heteroatoms. The highest BCUT2D eigenvalue weighted by Crippen LogP contribution is 2.39. The van der Waals surface area contributed by atoms with Gasteiger partial charge in [0, 0.05) is 50.7 Å². The van der Waals surface area contributed by atoms with Crippen molar-refractivity contribution < 1.29 is 48.3 Å². The standard InChI is InChI=1S/C38H56N2O10/c1-9-30(46-8)26(5)35-36(49-35)34(50-37(44)40-22-28-14-11-19-39-21-28)24(3)13-10-12-23(2)33-25(4)15-16-31(47-27(6)41)38(7,45)18-17-29(42)20-32(43)48-33/h10-16,19,21,24-26,29-31,33-36,42,45H,9,17-18,20,22H2,1-8H3,(H,40,44)/b13-10+,16-15+,23-12+. The number of hydrogen-bond acceptors (Lipinski definition) is 11. The molecular formula is C38H56N2O10. The van der Waals surface area contributed by atoms with Crippen molar-refractivity contribution in [2.45, 2.75) is 129 Å². The van der Waals surface area contributed by atoms with Gasteiger partial charge in [-0.2, -0.15) is 0 Å². The van der Waals surface area contributed by atoms with E-state index >= 15 is 0 Å². The summed E-state index contributed by atoms with van der Waals surface area (Å²) in [5.74, 6) is -1.66. The van der Waals surface area contributed by atoms with Crippen LogP contribution in [0, 0.1) is 17.8 Å². The van der Waals surface area contributed by atoms with Gasteiger partial charge in [0.25, 0.3) is 0 Å². The Hall–Kier alpha value is -3.58. The number of esters is 2. The Morgan fingerprint density at radius 1 is 1.22 bits per heavy atom. The second kappa shape index (κ2) is 19.1. The number of nitrogens with one attached hydrogen (secondary N) is 1. The molecule has 3 rings (SSSR count). The summed E-state index contributed by atoms with van der Waals surface area (Å²) in [7, 11) is 1.68. The largest absolute Gasteiger partial charge is 0.457 e. The molecule has 12 nitrogen and oxygen atoms in total. The van der Waals surface area contributed by atoms with Gasteiger partial charge in [0.15, 0.2) is 0 Å². The van der Waals surface area contributed by atoms with Crippen LogP contribution in [0.4, 0.5) is 4.79 Å². The number of rotatable bonds is 13. The topological polar surface area (TPSA) is 166 Å². The molecule has 3 N–H and O–H groups in total. The molecule has 1 amide bonds. The number of aromatic nitrogens is 1. The third-order valence-electron chi connectivity index (χ3n) is 9.46. The molecular weight excluding hydrogens is 644 g/mol.